The molecule has 2 heterocycles. The summed E-state index contributed by atoms with van der Waals surface area (Å²) in [7, 11) is -3.02. The molecule has 0 saturated heterocycles. The van der Waals surface area contributed by atoms with Crippen molar-refractivity contribution in [3.05, 3.63) is 17.5 Å². The number of hydrogen-bond acceptors (Lipinski definition) is 4. The number of aryl methyl sites for hydroxylation is 1. The number of aromatic nitrogens is 2. The number of aldehydes is 1. The van der Waals surface area contributed by atoms with Crippen LogP contribution in [0, 0.1) is 0 Å². The van der Waals surface area contributed by atoms with Gasteiger partial charge in [0.05, 0.1) is 35.5 Å². The molecule has 0 radical (unpaired) electrons. The number of rotatable bonds is 1. The van der Waals surface area contributed by atoms with E-state index in [-0.39, 0.29) is 11.5 Å². The predicted octanol–water partition coefficient (Wildman–Crippen LogP) is -0.376. The van der Waals surface area contributed by atoms with Gasteiger partial charge >= 0.3 is 0 Å². The van der Waals surface area contributed by atoms with Crippen LogP contribution in [-0.4, -0.2) is 30.2 Å². The Balaban J connectivity index is 2.53. The van der Waals surface area contributed by atoms with Crippen LogP contribution >= 0.6 is 0 Å². The molecule has 0 atom stereocenters. The molecule has 0 spiro atoms. The van der Waals surface area contributed by atoms with Gasteiger partial charge in [0.25, 0.3) is 0 Å². The lowest BCUT2D eigenvalue weighted by Gasteiger charge is -2.14. The second kappa shape index (κ2) is 2.66. The Morgan fingerprint density at radius 1 is 1.54 bits per heavy atom. The molecule has 0 aliphatic carbocycles. The van der Waals surface area contributed by atoms with Crippen molar-refractivity contribution in [3.8, 4) is 0 Å². The van der Waals surface area contributed by atoms with Crippen molar-refractivity contribution in [1.82, 2.24) is 9.78 Å². The van der Waals surface area contributed by atoms with Gasteiger partial charge in [-0.05, 0) is 0 Å². The minimum absolute atomic E-state index is 0.0684. The lowest BCUT2D eigenvalue weighted by Crippen LogP contribution is -2.24. The number of nitrogens with zero attached hydrogens (tertiary/aromatic N) is 2. The van der Waals surface area contributed by atoms with Gasteiger partial charge in [0.15, 0.2) is 16.1 Å². The highest BCUT2D eigenvalue weighted by Crippen LogP contribution is 2.16. The van der Waals surface area contributed by atoms with Gasteiger partial charge in [-0.3, -0.25) is 9.48 Å². The monoisotopic (exact) mass is 200 g/mol. The minimum Gasteiger partial charge on any atom is -0.298 e. The number of hydrogen-bond donors (Lipinski definition) is 0. The van der Waals surface area contributed by atoms with Crippen molar-refractivity contribution >= 4 is 16.1 Å². The average Bonchev–Trinajstić information content (AvgIpc) is 2.44. The van der Waals surface area contributed by atoms with Crippen molar-refractivity contribution < 1.29 is 13.2 Å². The summed E-state index contributed by atoms with van der Waals surface area (Å²) in [5.41, 5.74) is 0.893. The normalized spacial score (nSPS) is 19.4. The van der Waals surface area contributed by atoms with E-state index in [1.54, 1.807) is 4.68 Å². The molecule has 0 aromatic carbocycles. The summed E-state index contributed by atoms with van der Waals surface area (Å²) in [6.45, 7) is 0.353. The van der Waals surface area contributed by atoms with Gasteiger partial charge in [-0.25, -0.2) is 8.42 Å². The zero-order valence-corrected chi connectivity index (χ0v) is 7.62. The third kappa shape index (κ3) is 1.37. The third-order valence-electron chi connectivity index (χ3n) is 2.08. The number of carbonyl (C=O) groups excluding carboxylic acids is 1. The molecule has 0 amide bonds. The summed E-state index contributed by atoms with van der Waals surface area (Å²) < 4.78 is 24.0. The largest absolute Gasteiger partial charge is 0.298 e. The van der Waals surface area contributed by atoms with E-state index < -0.39 is 9.84 Å². The van der Waals surface area contributed by atoms with Crippen LogP contribution < -0.4 is 0 Å². The van der Waals surface area contributed by atoms with Gasteiger partial charge in [0.1, 0.15) is 0 Å². The van der Waals surface area contributed by atoms with E-state index in [1.807, 2.05) is 0 Å². The Kier molecular flexibility index (Phi) is 1.73. The number of carbonyl (C=O) groups is 1. The number of fused-ring (bicyclic) bond motifs is 1. The first-order valence-electron chi connectivity index (χ1n) is 3.83. The Bertz CT molecular complexity index is 446. The fraction of sp³-hybridized carbons (Fsp3) is 0.429. The van der Waals surface area contributed by atoms with E-state index in [0.717, 1.165) is 0 Å². The highest BCUT2D eigenvalue weighted by atomic mass is 32.2. The lowest BCUT2D eigenvalue weighted by atomic mass is 10.3. The van der Waals surface area contributed by atoms with Crippen molar-refractivity contribution in [2.45, 2.75) is 12.3 Å². The molecule has 0 N–H and O–H groups in total. The second-order valence-corrected chi connectivity index (χ2v) is 5.16. The molecule has 0 fully saturated rings. The fourth-order valence-corrected chi connectivity index (χ4v) is 2.71. The first-order valence-corrected chi connectivity index (χ1v) is 5.65. The first kappa shape index (κ1) is 8.43. The Labute approximate surface area is 75.3 Å². The zero-order valence-electron chi connectivity index (χ0n) is 6.80. The Morgan fingerprint density at radius 2 is 2.31 bits per heavy atom. The van der Waals surface area contributed by atoms with Crippen LogP contribution in [-0.2, 0) is 22.1 Å². The maximum atomic E-state index is 11.2. The molecule has 1 aromatic rings. The smallest absolute Gasteiger partial charge is 0.157 e. The topological polar surface area (TPSA) is 69.0 Å². The minimum atomic E-state index is -3.02. The average molecular weight is 200 g/mol. The van der Waals surface area contributed by atoms with E-state index in [2.05, 4.69) is 5.10 Å². The van der Waals surface area contributed by atoms with Gasteiger partial charge < -0.3 is 0 Å². The van der Waals surface area contributed by atoms with Gasteiger partial charge in [0, 0.05) is 0 Å². The lowest BCUT2D eigenvalue weighted by molar-refractivity contribution is 0.112. The molecule has 6 heteroatoms. The SMILES string of the molecule is O=Cc1cnn2c1CS(=O)(=O)CC2. The quantitative estimate of drug-likeness (QED) is 0.580. The van der Waals surface area contributed by atoms with E-state index in [1.165, 1.54) is 6.20 Å². The van der Waals surface area contributed by atoms with Crippen LogP contribution in [0.2, 0.25) is 0 Å². The molecular formula is C7H8N2O3S. The van der Waals surface area contributed by atoms with Crippen molar-refractivity contribution in [2.24, 2.45) is 0 Å². The summed E-state index contributed by atoms with van der Waals surface area (Å²) in [5.74, 6) is 0.0427. The Hall–Kier alpha value is -1.17. The molecule has 0 bridgehead atoms. The van der Waals surface area contributed by atoms with Gasteiger partial charge in [-0.2, -0.15) is 5.10 Å². The van der Waals surface area contributed by atoms with Gasteiger partial charge in [0.2, 0.25) is 0 Å². The van der Waals surface area contributed by atoms with E-state index in [9.17, 15) is 13.2 Å². The van der Waals surface area contributed by atoms with Crippen LogP contribution in [0.25, 0.3) is 0 Å². The van der Waals surface area contributed by atoms with Crippen molar-refractivity contribution in [2.75, 3.05) is 5.75 Å². The predicted molar refractivity (Wildman–Crippen MR) is 45.1 cm³/mol. The number of sulfone groups is 1. The Morgan fingerprint density at radius 3 is 3.00 bits per heavy atom. The molecule has 70 valence electrons. The van der Waals surface area contributed by atoms with Crippen LogP contribution in [0.15, 0.2) is 6.20 Å². The molecule has 0 saturated carbocycles. The fourth-order valence-electron chi connectivity index (χ4n) is 1.38. The maximum absolute atomic E-state index is 11.2. The molecule has 5 nitrogen and oxygen atoms in total. The highest BCUT2D eigenvalue weighted by molar-refractivity contribution is 7.90. The summed E-state index contributed by atoms with van der Waals surface area (Å²) in [6, 6.07) is 0. The summed E-state index contributed by atoms with van der Waals surface area (Å²) >= 11 is 0. The molecular weight excluding hydrogens is 192 g/mol. The molecule has 0 unspecified atom stereocenters. The summed E-state index contributed by atoms with van der Waals surface area (Å²) in [4.78, 5) is 10.5. The first-order chi connectivity index (χ1) is 6.12. The maximum Gasteiger partial charge on any atom is 0.157 e. The molecule has 13 heavy (non-hydrogen) atoms. The third-order valence-corrected chi connectivity index (χ3v) is 3.60. The van der Waals surface area contributed by atoms with Crippen LogP contribution in [0.3, 0.4) is 0 Å². The molecule has 1 aromatic heterocycles. The molecule has 2 rings (SSSR count). The van der Waals surface area contributed by atoms with E-state index in [4.69, 9.17) is 0 Å². The van der Waals surface area contributed by atoms with Crippen LogP contribution in [0.5, 0.6) is 0 Å². The van der Waals surface area contributed by atoms with Gasteiger partial charge in [-0.1, -0.05) is 0 Å². The highest BCUT2D eigenvalue weighted by Gasteiger charge is 2.24. The second-order valence-electron chi connectivity index (χ2n) is 2.98. The van der Waals surface area contributed by atoms with E-state index in [0.29, 0.717) is 24.1 Å². The van der Waals surface area contributed by atoms with E-state index >= 15 is 0 Å². The van der Waals surface area contributed by atoms with Crippen molar-refractivity contribution in [3.63, 3.8) is 0 Å². The zero-order chi connectivity index (χ0) is 9.47. The summed E-state index contributed by atoms with van der Waals surface area (Å²) in [6.07, 6.45) is 2.04. The van der Waals surface area contributed by atoms with Crippen LogP contribution in [0.4, 0.5) is 0 Å². The van der Waals surface area contributed by atoms with Crippen molar-refractivity contribution in [1.29, 1.82) is 0 Å². The summed E-state index contributed by atoms with van der Waals surface area (Å²) in [5, 5.41) is 3.91. The van der Waals surface area contributed by atoms with Crippen LogP contribution in [0.1, 0.15) is 16.1 Å². The standard InChI is InChI=1S/C7H8N2O3S/c10-4-6-3-8-9-1-2-13(11,12)5-7(6)9/h3-4H,1-2,5H2. The molecule has 1 aliphatic rings. The van der Waals surface area contributed by atoms with Gasteiger partial charge in [-0.15, -0.1) is 0 Å². The molecule has 1 aliphatic heterocycles.